The Bertz CT molecular complexity index is 1140. The summed E-state index contributed by atoms with van der Waals surface area (Å²) >= 11 is 5.66. The molecule has 0 radical (unpaired) electrons. The molecule has 10 heteroatoms. The topological polar surface area (TPSA) is 98.7 Å². The number of aromatic nitrogens is 2. The van der Waals surface area contributed by atoms with Gasteiger partial charge < -0.3 is 24.8 Å². The molecule has 1 fully saturated rings. The van der Waals surface area contributed by atoms with E-state index in [1.165, 1.54) is 4.90 Å². The van der Waals surface area contributed by atoms with Crippen molar-refractivity contribution >= 4 is 28.3 Å². The van der Waals surface area contributed by atoms with Crippen molar-refractivity contribution in [2.45, 2.75) is 18.1 Å². The number of nitrogens with zero attached hydrogens (tertiary/aromatic N) is 2. The fraction of sp³-hybridized carbons (Fsp3) is 0.300. The maximum Gasteiger partial charge on any atom is 0.266 e. The Hall–Kier alpha value is -2.75. The summed E-state index contributed by atoms with van der Waals surface area (Å²) in [6.07, 6.45) is -0.208. The predicted molar refractivity (Wildman–Crippen MR) is 107 cm³/mol. The van der Waals surface area contributed by atoms with Crippen LogP contribution in [0.25, 0.3) is 11.0 Å². The van der Waals surface area contributed by atoms with E-state index < -0.39 is 23.3 Å². The number of benzene rings is 2. The Balaban J connectivity index is 1.50. The van der Waals surface area contributed by atoms with Crippen LogP contribution in [0.5, 0.6) is 5.75 Å². The lowest BCUT2D eigenvalue weighted by atomic mass is 9.89. The molecule has 0 saturated carbocycles. The van der Waals surface area contributed by atoms with Gasteiger partial charge in [-0.1, -0.05) is 17.7 Å². The monoisotopic (exact) mass is 437 g/mol. The molecule has 1 aliphatic heterocycles. The molecule has 3 aromatic rings. The summed E-state index contributed by atoms with van der Waals surface area (Å²) in [6.45, 7) is -0.378. The maximum absolute atomic E-state index is 14.2. The van der Waals surface area contributed by atoms with Crippen LogP contribution in [0.2, 0.25) is 5.02 Å². The standard InChI is InChI=1S/C20H18ClF2N3O4/c21-11-6-12(22)19(13(23)7-11)26-5-4-20(29,16(27)9-26)10-30-15-3-1-2-14-18(15)24-8-17(28)25-14/h1-3,6-8,16,27,29H,4-5,9-10H2,(H,25,28)/t16-,20-/m1/s1. The zero-order valence-electron chi connectivity index (χ0n) is 15.6. The Labute approximate surface area is 174 Å². The fourth-order valence-corrected chi connectivity index (χ4v) is 3.73. The number of para-hydroxylation sites is 1. The number of halogens is 3. The van der Waals surface area contributed by atoms with Crippen LogP contribution in [0.3, 0.4) is 0 Å². The van der Waals surface area contributed by atoms with E-state index in [4.69, 9.17) is 16.3 Å². The van der Waals surface area contributed by atoms with Crippen molar-refractivity contribution in [1.29, 1.82) is 0 Å². The van der Waals surface area contributed by atoms with Gasteiger partial charge in [-0.15, -0.1) is 0 Å². The van der Waals surface area contributed by atoms with Crippen LogP contribution in [0.1, 0.15) is 6.42 Å². The largest absolute Gasteiger partial charge is 0.488 e. The maximum atomic E-state index is 14.2. The molecule has 30 heavy (non-hydrogen) atoms. The van der Waals surface area contributed by atoms with Crippen LogP contribution in [0.4, 0.5) is 14.5 Å². The SMILES string of the molecule is O=c1cnc2c(OC[C@]3(O)CCN(c4c(F)cc(Cl)cc4F)C[C@H]3O)cccc2[nH]1. The molecule has 4 rings (SSSR count). The highest BCUT2D eigenvalue weighted by atomic mass is 35.5. The van der Waals surface area contributed by atoms with Crippen LogP contribution >= 0.6 is 11.6 Å². The van der Waals surface area contributed by atoms with Crippen molar-refractivity contribution < 1.29 is 23.7 Å². The van der Waals surface area contributed by atoms with Gasteiger partial charge in [-0.05, 0) is 30.7 Å². The summed E-state index contributed by atoms with van der Waals surface area (Å²) in [4.78, 5) is 19.4. The number of β-amino-alcohol motifs (C(OH)–C–C–N with tert-alkyl or cyclic N) is 1. The Morgan fingerprint density at radius 2 is 2.07 bits per heavy atom. The van der Waals surface area contributed by atoms with E-state index in [-0.39, 0.29) is 42.4 Å². The average Bonchev–Trinajstić information content (AvgIpc) is 2.68. The number of fused-ring (bicyclic) bond motifs is 1. The minimum absolute atomic E-state index is 0.00466. The Morgan fingerprint density at radius 3 is 2.77 bits per heavy atom. The number of aromatic amines is 1. The van der Waals surface area contributed by atoms with E-state index in [2.05, 4.69) is 9.97 Å². The van der Waals surface area contributed by atoms with Gasteiger partial charge in [0.1, 0.15) is 35.3 Å². The molecule has 0 aliphatic carbocycles. The summed E-state index contributed by atoms with van der Waals surface area (Å²) in [5, 5.41) is 21.3. The number of ether oxygens (including phenoxy) is 1. The molecule has 7 nitrogen and oxygen atoms in total. The number of hydrogen-bond donors (Lipinski definition) is 3. The lowest BCUT2D eigenvalue weighted by Gasteiger charge is -2.42. The van der Waals surface area contributed by atoms with Gasteiger partial charge in [-0.3, -0.25) is 4.79 Å². The first-order valence-electron chi connectivity index (χ1n) is 9.17. The van der Waals surface area contributed by atoms with Crippen molar-refractivity contribution in [1.82, 2.24) is 9.97 Å². The molecule has 2 atom stereocenters. The summed E-state index contributed by atoms with van der Waals surface area (Å²) in [6, 6.07) is 6.93. The summed E-state index contributed by atoms with van der Waals surface area (Å²) in [5.74, 6) is -1.36. The number of piperidine rings is 1. The molecule has 0 bridgehead atoms. The second kappa shape index (κ2) is 7.82. The normalized spacial score (nSPS) is 21.8. The molecule has 1 aliphatic rings. The number of anilines is 1. The quantitative estimate of drug-likeness (QED) is 0.579. The summed E-state index contributed by atoms with van der Waals surface area (Å²) in [7, 11) is 0. The molecule has 0 unspecified atom stereocenters. The van der Waals surface area contributed by atoms with E-state index in [9.17, 15) is 23.8 Å². The third-order valence-electron chi connectivity index (χ3n) is 5.17. The number of H-pyrrole nitrogens is 1. The van der Waals surface area contributed by atoms with Crippen molar-refractivity contribution in [3.05, 3.63) is 63.5 Å². The highest BCUT2D eigenvalue weighted by Crippen LogP contribution is 2.33. The van der Waals surface area contributed by atoms with Gasteiger partial charge in [-0.25, -0.2) is 13.8 Å². The van der Waals surface area contributed by atoms with Gasteiger partial charge >= 0.3 is 0 Å². The molecule has 1 saturated heterocycles. The number of rotatable bonds is 4. The van der Waals surface area contributed by atoms with Crippen LogP contribution in [0, 0.1) is 11.6 Å². The van der Waals surface area contributed by atoms with Gasteiger partial charge in [0.2, 0.25) is 0 Å². The van der Waals surface area contributed by atoms with Gasteiger partial charge in [-0.2, -0.15) is 0 Å². The summed E-state index contributed by atoms with van der Waals surface area (Å²) < 4.78 is 34.1. The molecule has 158 valence electrons. The zero-order chi connectivity index (χ0) is 21.5. The van der Waals surface area contributed by atoms with Crippen LogP contribution in [0.15, 0.2) is 41.3 Å². The molecule has 1 aromatic heterocycles. The molecule has 2 aromatic carbocycles. The molecule has 3 N–H and O–H groups in total. The van der Waals surface area contributed by atoms with Crippen molar-refractivity contribution in [2.24, 2.45) is 0 Å². The second-order valence-corrected chi connectivity index (χ2v) is 7.66. The zero-order valence-corrected chi connectivity index (χ0v) is 16.4. The van der Waals surface area contributed by atoms with E-state index >= 15 is 0 Å². The van der Waals surface area contributed by atoms with Gasteiger partial charge in [0.15, 0.2) is 11.6 Å². The van der Waals surface area contributed by atoms with Gasteiger partial charge in [0.25, 0.3) is 5.56 Å². The van der Waals surface area contributed by atoms with Crippen molar-refractivity contribution in [3.63, 3.8) is 0 Å². The van der Waals surface area contributed by atoms with Crippen molar-refractivity contribution in [2.75, 3.05) is 24.6 Å². The first-order chi connectivity index (χ1) is 14.3. The number of hydrogen-bond acceptors (Lipinski definition) is 6. The predicted octanol–water partition coefficient (Wildman–Crippen LogP) is 2.24. The van der Waals surface area contributed by atoms with E-state index in [1.54, 1.807) is 18.2 Å². The lowest BCUT2D eigenvalue weighted by Crippen LogP contribution is -2.58. The fourth-order valence-electron chi connectivity index (χ4n) is 3.54. The third-order valence-corrected chi connectivity index (χ3v) is 5.39. The molecular weight excluding hydrogens is 420 g/mol. The van der Waals surface area contributed by atoms with Crippen molar-refractivity contribution in [3.8, 4) is 5.75 Å². The Kier molecular flexibility index (Phi) is 5.35. The van der Waals surface area contributed by atoms with E-state index in [1.807, 2.05) is 0 Å². The van der Waals surface area contributed by atoms with Gasteiger partial charge in [0, 0.05) is 18.1 Å². The highest BCUT2D eigenvalue weighted by molar-refractivity contribution is 6.30. The van der Waals surface area contributed by atoms with Crippen LogP contribution in [-0.4, -0.2) is 51.6 Å². The average molecular weight is 438 g/mol. The van der Waals surface area contributed by atoms with E-state index in [0.29, 0.717) is 16.8 Å². The number of aliphatic hydroxyl groups excluding tert-OH is 1. The van der Waals surface area contributed by atoms with Gasteiger partial charge in [0.05, 0.1) is 11.7 Å². The number of aliphatic hydroxyl groups is 2. The first kappa shape index (κ1) is 20.5. The minimum Gasteiger partial charge on any atom is -0.488 e. The minimum atomic E-state index is -1.64. The lowest BCUT2D eigenvalue weighted by molar-refractivity contribution is -0.108. The van der Waals surface area contributed by atoms with Crippen LogP contribution in [-0.2, 0) is 0 Å². The Morgan fingerprint density at radius 1 is 1.33 bits per heavy atom. The molecule has 0 amide bonds. The first-order valence-corrected chi connectivity index (χ1v) is 9.55. The number of nitrogens with one attached hydrogen (secondary N) is 1. The third kappa shape index (κ3) is 3.83. The molecular formula is C20H18ClF2N3O4. The summed E-state index contributed by atoms with van der Waals surface area (Å²) in [5.41, 5.74) is -1.43. The molecule has 0 spiro atoms. The second-order valence-electron chi connectivity index (χ2n) is 7.22. The molecule has 2 heterocycles. The smallest absolute Gasteiger partial charge is 0.266 e. The van der Waals surface area contributed by atoms with E-state index in [0.717, 1.165) is 18.3 Å². The highest BCUT2D eigenvalue weighted by Gasteiger charge is 2.42. The van der Waals surface area contributed by atoms with Crippen LogP contribution < -0.4 is 15.2 Å².